The average Bonchev–Trinajstić information content (AvgIpc) is 3.12. The summed E-state index contributed by atoms with van der Waals surface area (Å²) in [5.41, 5.74) is 3.42. The van der Waals surface area contributed by atoms with E-state index in [1.165, 1.54) is 0 Å². The second-order valence-electron chi connectivity index (χ2n) is 5.74. The van der Waals surface area contributed by atoms with E-state index in [9.17, 15) is 4.79 Å². The summed E-state index contributed by atoms with van der Waals surface area (Å²) in [6.07, 6.45) is 0.909. The Hall–Kier alpha value is -3.18. The van der Waals surface area contributed by atoms with Crippen molar-refractivity contribution < 1.29 is 9.21 Å². The molecule has 25 heavy (non-hydrogen) atoms. The van der Waals surface area contributed by atoms with Crippen LogP contribution in [-0.4, -0.2) is 17.8 Å². The highest BCUT2D eigenvalue weighted by molar-refractivity contribution is 6.19. The number of furan rings is 1. The average molecular weight is 331 g/mol. The number of benzene rings is 2. The molecule has 1 amide bonds. The van der Waals surface area contributed by atoms with Crippen LogP contribution in [0.4, 0.5) is 5.69 Å². The first-order chi connectivity index (χ1) is 12.3. The minimum absolute atomic E-state index is 0.190. The van der Waals surface area contributed by atoms with Crippen LogP contribution in [0.1, 0.15) is 16.9 Å². The normalized spacial score (nSPS) is 16.6. The molecule has 0 bridgehead atoms. The van der Waals surface area contributed by atoms with Gasteiger partial charge >= 0.3 is 0 Å². The molecule has 0 spiro atoms. The number of carbonyl (C=O) groups is 1. The molecule has 0 radical (unpaired) electrons. The molecule has 0 saturated heterocycles. The maximum absolute atomic E-state index is 12.6. The highest BCUT2D eigenvalue weighted by Gasteiger charge is 2.25. The number of para-hydroxylation sites is 1. The summed E-state index contributed by atoms with van der Waals surface area (Å²) in [5, 5.41) is 6.11. The first-order valence-corrected chi connectivity index (χ1v) is 8.10. The van der Waals surface area contributed by atoms with Crippen LogP contribution in [0.3, 0.4) is 0 Å². The summed E-state index contributed by atoms with van der Waals surface area (Å²) in [7, 11) is 0. The van der Waals surface area contributed by atoms with Crippen molar-refractivity contribution in [2.75, 3.05) is 5.32 Å². The predicted molar refractivity (Wildman–Crippen MR) is 96.5 cm³/mol. The topological polar surface area (TPSA) is 66.6 Å². The molecule has 1 aliphatic heterocycles. The van der Waals surface area contributed by atoms with Crippen LogP contribution >= 0.6 is 0 Å². The second-order valence-corrected chi connectivity index (χ2v) is 5.74. The first-order valence-electron chi connectivity index (χ1n) is 8.10. The van der Waals surface area contributed by atoms with Crippen molar-refractivity contribution in [1.82, 2.24) is 5.32 Å². The fourth-order valence-corrected chi connectivity index (χ4v) is 2.83. The Morgan fingerprint density at radius 3 is 2.60 bits per heavy atom. The number of hydrogen-bond acceptors (Lipinski definition) is 4. The van der Waals surface area contributed by atoms with Gasteiger partial charge in [-0.15, -0.1) is 0 Å². The van der Waals surface area contributed by atoms with Gasteiger partial charge in [-0.05, 0) is 18.2 Å². The minimum atomic E-state index is -0.701. The monoisotopic (exact) mass is 331 g/mol. The Morgan fingerprint density at radius 2 is 1.80 bits per heavy atom. The molecule has 2 aromatic carbocycles. The number of anilines is 1. The maximum Gasteiger partial charge on any atom is 0.264 e. The van der Waals surface area contributed by atoms with Crippen molar-refractivity contribution >= 4 is 17.3 Å². The highest BCUT2D eigenvalue weighted by Crippen LogP contribution is 2.23. The summed E-state index contributed by atoms with van der Waals surface area (Å²) in [5.74, 6) is 0.566. The van der Waals surface area contributed by atoms with Crippen LogP contribution in [0, 0.1) is 0 Å². The second kappa shape index (κ2) is 6.75. The molecule has 3 aromatic rings. The molecular formula is C20H17N3O2. The van der Waals surface area contributed by atoms with Gasteiger partial charge in [0.25, 0.3) is 5.91 Å². The van der Waals surface area contributed by atoms with Crippen LogP contribution in [0.2, 0.25) is 0 Å². The summed E-state index contributed by atoms with van der Waals surface area (Å²) in [6, 6.07) is 21.3. The van der Waals surface area contributed by atoms with Crippen molar-refractivity contribution in [2.45, 2.75) is 12.7 Å². The lowest BCUT2D eigenvalue weighted by Crippen LogP contribution is -2.38. The van der Waals surface area contributed by atoms with Gasteiger partial charge in [0.2, 0.25) is 0 Å². The van der Waals surface area contributed by atoms with Crippen molar-refractivity contribution in [3.63, 3.8) is 0 Å². The molecule has 0 saturated carbocycles. The van der Waals surface area contributed by atoms with Crippen molar-refractivity contribution in [1.29, 1.82) is 0 Å². The third-order valence-electron chi connectivity index (χ3n) is 4.04. The third-order valence-corrected chi connectivity index (χ3v) is 4.04. The van der Waals surface area contributed by atoms with Gasteiger partial charge in [0.1, 0.15) is 5.76 Å². The lowest BCUT2D eigenvalue weighted by Gasteiger charge is -2.12. The van der Waals surface area contributed by atoms with E-state index in [0.717, 1.165) is 28.3 Å². The van der Waals surface area contributed by atoms with Crippen LogP contribution in [0.25, 0.3) is 0 Å². The molecule has 1 aromatic heterocycles. The molecule has 2 heterocycles. The fraction of sp³-hybridized carbons (Fsp3) is 0.100. The zero-order valence-electron chi connectivity index (χ0n) is 13.5. The number of nitrogens with one attached hydrogen (secondary N) is 2. The van der Waals surface area contributed by atoms with Crippen LogP contribution in [0.15, 0.2) is 82.4 Å². The minimum Gasteiger partial charge on any atom is -0.468 e. The lowest BCUT2D eigenvalue weighted by molar-refractivity contribution is -0.118. The van der Waals surface area contributed by atoms with Gasteiger partial charge in [0, 0.05) is 11.1 Å². The number of amides is 1. The zero-order valence-corrected chi connectivity index (χ0v) is 13.5. The predicted octanol–water partition coefficient (Wildman–Crippen LogP) is 3.19. The Kier molecular flexibility index (Phi) is 4.14. The smallest absolute Gasteiger partial charge is 0.264 e. The van der Waals surface area contributed by atoms with Gasteiger partial charge in [0.15, 0.2) is 6.17 Å². The standard InChI is InChI=1S/C20H17N3O2/c24-20-19(21-13-15-9-6-12-25-15)23-18(14-7-2-1-3-8-14)16-10-4-5-11-17(16)22-20/h1-12,19,21H,13H2,(H,22,24). The largest absolute Gasteiger partial charge is 0.468 e. The Balaban J connectivity index is 1.72. The van der Waals surface area contributed by atoms with Crippen LogP contribution < -0.4 is 10.6 Å². The summed E-state index contributed by atoms with van der Waals surface area (Å²) >= 11 is 0. The van der Waals surface area contributed by atoms with Crippen LogP contribution in [-0.2, 0) is 11.3 Å². The van der Waals surface area contributed by atoms with E-state index in [1.807, 2.05) is 66.7 Å². The fourth-order valence-electron chi connectivity index (χ4n) is 2.83. The van der Waals surface area contributed by atoms with Gasteiger partial charge in [-0.3, -0.25) is 15.1 Å². The molecule has 1 atom stereocenters. The SMILES string of the molecule is O=C1Nc2ccccc2C(c2ccccc2)=NC1NCc1ccco1. The van der Waals surface area contributed by atoms with Gasteiger partial charge < -0.3 is 9.73 Å². The molecule has 1 unspecified atom stereocenters. The van der Waals surface area contributed by atoms with Crippen molar-refractivity contribution in [3.05, 3.63) is 89.9 Å². The summed E-state index contributed by atoms with van der Waals surface area (Å²) in [4.78, 5) is 17.3. The van der Waals surface area contributed by atoms with E-state index >= 15 is 0 Å². The molecule has 0 aliphatic carbocycles. The third kappa shape index (κ3) is 3.22. The molecule has 0 fully saturated rings. The molecule has 2 N–H and O–H groups in total. The number of carbonyl (C=O) groups excluding carboxylic acids is 1. The number of aliphatic imine (C=N–C) groups is 1. The Morgan fingerprint density at radius 1 is 1.00 bits per heavy atom. The molecular weight excluding hydrogens is 314 g/mol. The van der Waals surface area contributed by atoms with E-state index in [0.29, 0.717) is 6.54 Å². The van der Waals surface area contributed by atoms with E-state index < -0.39 is 6.17 Å². The number of benzodiazepines with no additional fused rings is 1. The van der Waals surface area contributed by atoms with E-state index in [-0.39, 0.29) is 5.91 Å². The van der Waals surface area contributed by atoms with Crippen LogP contribution in [0.5, 0.6) is 0 Å². The highest BCUT2D eigenvalue weighted by atomic mass is 16.3. The quantitative estimate of drug-likeness (QED) is 0.771. The van der Waals surface area contributed by atoms with E-state index in [2.05, 4.69) is 10.6 Å². The van der Waals surface area contributed by atoms with E-state index in [4.69, 9.17) is 9.41 Å². The Labute approximate surface area is 145 Å². The van der Waals surface area contributed by atoms with E-state index in [1.54, 1.807) is 6.26 Å². The maximum atomic E-state index is 12.6. The lowest BCUT2D eigenvalue weighted by atomic mass is 10.0. The number of hydrogen-bond donors (Lipinski definition) is 2. The number of fused-ring (bicyclic) bond motifs is 1. The number of rotatable bonds is 4. The molecule has 5 nitrogen and oxygen atoms in total. The van der Waals surface area contributed by atoms with Gasteiger partial charge in [-0.1, -0.05) is 48.5 Å². The van der Waals surface area contributed by atoms with Gasteiger partial charge in [-0.2, -0.15) is 0 Å². The molecule has 1 aliphatic rings. The zero-order chi connectivity index (χ0) is 17.1. The van der Waals surface area contributed by atoms with Crippen molar-refractivity contribution in [2.24, 2.45) is 4.99 Å². The first kappa shape index (κ1) is 15.4. The molecule has 5 heteroatoms. The van der Waals surface area contributed by atoms with Crippen molar-refractivity contribution in [3.8, 4) is 0 Å². The number of nitrogens with zero attached hydrogens (tertiary/aromatic N) is 1. The van der Waals surface area contributed by atoms with Gasteiger partial charge in [-0.25, -0.2) is 0 Å². The molecule has 124 valence electrons. The summed E-state index contributed by atoms with van der Waals surface area (Å²) in [6.45, 7) is 0.424. The van der Waals surface area contributed by atoms with Gasteiger partial charge in [0.05, 0.1) is 24.2 Å². The molecule has 4 rings (SSSR count). The summed E-state index contributed by atoms with van der Waals surface area (Å²) < 4.78 is 5.32. The Bertz CT molecular complexity index is 902.